The molecule has 0 saturated carbocycles. The Morgan fingerprint density at radius 2 is 1.52 bits per heavy atom. The van der Waals surface area contributed by atoms with Crippen molar-refractivity contribution in [3.8, 4) is 11.3 Å². The molecule has 0 unspecified atom stereocenters. The molecule has 0 aliphatic carbocycles. The molecule has 0 N–H and O–H groups in total. The maximum Gasteiger partial charge on any atom is 0.416 e. The van der Waals surface area contributed by atoms with Crippen molar-refractivity contribution in [3.63, 3.8) is 0 Å². The molecule has 0 amide bonds. The van der Waals surface area contributed by atoms with Crippen molar-refractivity contribution in [1.29, 1.82) is 0 Å². The Kier molecular flexibility index (Phi) is 3.97. The standard InChI is InChI=1S/C15H14ClF3N2/c1-14(2,3)13-20-11(8-12(16)21-13)9-4-6-10(7-5-9)15(17,18)19/h4-8H,1-3H3. The van der Waals surface area contributed by atoms with Crippen LogP contribution in [0.4, 0.5) is 13.2 Å². The van der Waals surface area contributed by atoms with Gasteiger partial charge in [-0.05, 0) is 12.1 Å². The summed E-state index contributed by atoms with van der Waals surface area (Å²) in [5, 5.41) is 0.268. The highest BCUT2D eigenvalue weighted by Gasteiger charge is 2.30. The second-order valence-corrected chi connectivity index (χ2v) is 6.11. The van der Waals surface area contributed by atoms with Crippen LogP contribution in [0.5, 0.6) is 0 Å². The van der Waals surface area contributed by atoms with Gasteiger partial charge in [0.05, 0.1) is 11.3 Å². The molecule has 0 bridgehead atoms. The highest BCUT2D eigenvalue weighted by molar-refractivity contribution is 6.29. The van der Waals surface area contributed by atoms with Crippen LogP contribution < -0.4 is 0 Å². The number of nitrogens with zero attached hydrogens (tertiary/aromatic N) is 2. The largest absolute Gasteiger partial charge is 0.416 e. The Labute approximate surface area is 126 Å². The summed E-state index contributed by atoms with van der Waals surface area (Å²) in [7, 11) is 0. The lowest BCUT2D eigenvalue weighted by Crippen LogP contribution is -2.16. The van der Waals surface area contributed by atoms with Gasteiger partial charge < -0.3 is 0 Å². The van der Waals surface area contributed by atoms with Gasteiger partial charge in [-0.15, -0.1) is 0 Å². The van der Waals surface area contributed by atoms with Crippen molar-refractivity contribution in [2.75, 3.05) is 0 Å². The maximum atomic E-state index is 12.6. The average molecular weight is 315 g/mol. The first kappa shape index (κ1) is 15.8. The molecule has 1 heterocycles. The lowest BCUT2D eigenvalue weighted by molar-refractivity contribution is -0.137. The van der Waals surface area contributed by atoms with Crippen LogP contribution in [0.1, 0.15) is 32.2 Å². The van der Waals surface area contributed by atoms with Crippen molar-refractivity contribution in [1.82, 2.24) is 9.97 Å². The topological polar surface area (TPSA) is 25.8 Å². The molecule has 0 spiro atoms. The summed E-state index contributed by atoms with van der Waals surface area (Å²) >= 11 is 5.98. The van der Waals surface area contributed by atoms with Gasteiger partial charge in [0.2, 0.25) is 0 Å². The van der Waals surface area contributed by atoms with Crippen molar-refractivity contribution >= 4 is 11.6 Å². The lowest BCUT2D eigenvalue weighted by Gasteiger charge is -2.17. The van der Waals surface area contributed by atoms with Crippen molar-refractivity contribution in [2.24, 2.45) is 0 Å². The minimum Gasteiger partial charge on any atom is -0.232 e. The zero-order chi connectivity index (χ0) is 15.8. The Balaban J connectivity index is 2.45. The fourth-order valence-electron chi connectivity index (χ4n) is 1.73. The van der Waals surface area contributed by atoms with E-state index in [1.807, 2.05) is 20.8 Å². The van der Waals surface area contributed by atoms with Gasteiger partial charge in [0, 0.05) is 17.0 Å². The van der Waals surface area contributed by atoms with Crippen LogP contribution in [-0.4, -0.2) is 9.97 Å². The van der Waals surface area contributed by atoms with E-state index in [0.717, 1.165) is 12.1 Å². The molecular formula is C15H14ClF3N2. The quantitative estimate of drug-likeness (QED) is 0.683. The molecular weight excluding hydrogens is 301 g/mol. The van der Waals surface area contributed by atoms with Gasteiger partial charge >= 0.3 is 6.18 Å². The molecule has 1 aromatic heterocycles. The van der Waals surface area contributed by atoms with Gasteiger partial charge in [-0.2, -0.15) is 13.2 Å². The van der Waals surface area contributed by atoms with E-state index in [0.29, 0.717) is 17.1 Å². The molecule has 6 heteroatoms. The van der Waals surface area contributed by atoms with Crippen LogP contribution in [0.3, 0.4) is 0 Å². The molecule has 0 atom stereocenters. The molecule has 0 saturated heterocycles. The van der Waals surface area contributed by atoms with Crippen molar-refractivity contribution in [2.45, 2.75) is 32.4 Å². The van der Waals surface area contributed by atoms with Gasteiger partial charge in [-0.25, -0.2) is 9.97 Å². The number of benzene rings is 1. The molecule has 112 valence electrons. The van der Waals surface area contributed by atoms with Gasteiger partial charge in [-0.1, -0.05) is 44.5 Å². The van der Waals surface area contributed by atoms with E-state index in [9.17, 15) is 13.2 Å². The molecule has 0 aliphatic rings. The Morgan fingerprint density at radius 3 is 2.00 bits per heavy atom. The van der Waals surface area contributed by atoms with Crippen LogP contribution in [0, 0.1) is 0 Å². The molecule has 2 rings (SSSR count). The Morgan fingerprint density at radius 1 is 0.952 bits per heavy atom. The first-order valence-corrected chi connectivity index (χ1v) is 6.68. The van der Waals surface area contributed by atoms with Gasteiger partial charge in [0.25, 0.3) is 0 Å². The number of alkyl halides is 3. The fraction of sp³-hybridized carbons (Fsp3) is 0.333. The summed E-state index contributed by atoms with van der Waals surface area (Å²) in [5.74, 6) is 0.546. The Hall–Kier alpha value is -1.62. The number of hydrogen-bond acceptors (Lipinski definition) is 2. The maximum absolute atomic E-state index is 12.6. The van der Waals surface area contributed by atoms with E-state index in [2.05, 4.69) is 9.97 Å². The van der Waals surface area contributed by atoms with E-state index in [1.54, 1.807) is 6.07 Å². The second kappa shape index (κ2) is 5.30. The molecule has 0 aliphatic heterocycles. The van der Waals surface area contributed by atoms with Gasteiger partial charge in [0.1, 0.15) is 11.0 Å². The third kappa shape index (κ3) is 3.73. The predicted molar refractivity (Wildman–Crippen MR) is 76.2 cm³/mol. The van der Waals surface area contributed by atoms with E-state index < -0.39 is 11.7 Å². The minimum absolute atomic E-state index is 0.268. The van der Waals surface area contributed by atoms with E-state index >= 15 is 0 Å². The van der Waals surface area contributed by atoms with E-state index in [4.69, 9.17) is 11.6 Å². The summed E-state index contributed by atoms with van der Waals surface area (Å²) in [6.07, 6.45) is -4.35. The van der Waals surface area contributed by atoms with Crippen LogP contribution in [0.2, 0.25) is 5.15 Å². The molecule has 2 nitrogen and oxygen atoms in total. The van der Waals surface area contributed by atoms with Gasteiger partial charge in [0.15, 0.2) is 0 Å². The number of halogens is 4. The molecule has 1 aromatic carbocycles. The predicted octanol–water partition coefficient (Wildman–Crippen LogP) is 5.11. The first-order valence-electron chi connectivity index (χ1n) is 6.30. The third-order valence-electron chi connectivity index (χ3n) is 2.87. The zero-order valence-electron chi connectivity index (χ0n) is 11.8. The molecule has 2 aromatic rings. The van der Waals surface area contributed by atoms with Crippen LogP contribution in [-0.2, 0) is 11.6 Å². The molecule has 21 heavy (non-hydrogen) atoms. The van der Waals surface area contributed by atoms with Crippen molar-refractivity contribution < 1.29 is 13.2 Å². The van der Waals surface area contributed by atoms with E-state index in [-0.39, 0.29) is 10.6 Å². The molecule has 0 radical (unpaired) electrons. The normalized spacial score (nSPS) is 12.5. The summed E-state index contributed by atoms with van der Waals surface area (Å²) in [4.78, 5) is 8.55. The number of rotatable bonds is 1. The average Bonchev–Trinajstić information content (AvgIpc) is 2.36. The third-order valence-corrected chi connectivity index (χ3v) is 3.07. The van der Waals surface area contributed by atoms with Crippen LogP contribution in [0.25, 0.3) is 11.3 Å². The summed E-state index contributed by atoms with van der Waals surface area (Å²) < 4.78 is 37.7. The number of hydrogen-bond donors (Lipinski definition) is 0. The van der Waals surface area contributed by atoms with Crippen LogP contribution in [0.15, 0.2) is 30.3 Å². The second-order valence-electron chi connectivity index (χ2n) is 5.72. The monoisotopic (exact) mass is 314 g/mol. The fourth-order valence-corrected chi connectivity index (χ4v) is 1.91. The smallest absolute Gasteiger partial charge is 0.232 e. The Bertz CT molecular complexity index is 643. The lowest BCUT2D eigenvalue weighted by atomic mass is 9.95. The number of aromatic nitrogens is 2. The van der Waals surface area contributed by atoms with Gasteiger partial charge in [-0.3, -0.25) is 0 Å². The summed E-state index contributed by atoms with van der Waals surface area (Å²) in [6, 6.07) is 6.37. The summed E-state index contributed by atoms with van der Waals surface area (Å²) in [6.45, 7) is 5.82. The van der Waals surface area contributed by atoms with E-state index in [1.165, 1.54) is 12.1 Å². The highest BCUT2D eigenvalue weighted by atomic mass is 35.5. The highest BCUT2D eigenvalue weighted by Crippen LogP contribution is 2.31. The minimum atomic E-state index is -4.35. The van der Waals surface area contributed by atoms with Crippen LogP contribution >= 0.6 is 11.6 Å². The van der Waals surface area contributed by atoms with Crippen molar-refractivity contribution in [3.05, 3.63) is 46.9 Å². The molecule has 0 fully saturated rings. The summed E-state index contributed by atoms with van der Waals surface area (Å²) in [5.41, 5.74) is 0.0832. The SMILES string of the molecule is CC(C)(C)c1nc(Cl)cc(-c2ccc(C(F)(F)F)cc2)n1. The zero-order valence-corrected chi connectivity index (χ0v) is 12.5. The first-order chi connectivity index (χ1) is 9.57.